The van der Waals surface area contributed by atoms with E-state index in [4.69, 9.17) is 0 Å². The Labute approximate surface area is 132 Å². The molecule has 0 aliphatic heterocycles. The number of non-ortho nitro benzene ring substituents is 1. The van der Waals surface area contributed by atoms with E-state index in [1.807, 2.05) is 0 Å². The molecular formula is C15H19BrN2O3. The van der Waals surface area contributed by atoms with Gasteiger partial charge in [0.2, 0.25) is 0 Å². The molecule has 2 unspecified atom stereocenters. The Morgan fingerprint density at radius 2 is 2.14 bits per heavy atom. The van der Waals surface area contributed by atoms with Gasteiger partial charge in [-0.05, 0) is 40.8 Å². The second kappa shape index (κ2) is 6.56. The summed E-state index contributed by atoms with van der Waals surface area (Å²) in [6, 6.07) is 4.51. The number of carbonyl (C=O) groups excluding carboxylic acids is 1. The molecule has 0 spiro atoms. The topological polar surface area (TPSA) is 63.5 Å². The van der Waals surface area contributed by atoms with Crippen LogP contribution in [0.5, 0.6) is 0 Å². The molecule has 1 fully saturated rings. The fourth-order valence-corrected chi connectivity index (χ4v) is 3.32. The number of hydrogen-bond donors (Lipinski definition) is 0. The Morgan fingerprint density at radius 3 is 2.76 bits per heavy atom. The molecule has 114 valence electrons. The van der Waals surface area contributed by atoms with Crippen molar-refractivity contribution in [3.05, 3.63) is 38.3 Å². The van der Waals surface area contributed by atoms with Crippen molar-refractivity contribution in [3.63, 3.8) is 0 Å². The molecule has 1 aromatic carbocycles. The quantitative estimate of drug-likeness (QED) is 0.608. The van der Waals surface area contributed by atoms with Crippen LogP contribution in [0.15, 0.2) is 22.7 Å². The Kier molecular flexibility index (Phi) is 4.98. The molecule has 0 heterocycles. The van der Waals surface area contributed by atoms with Gasteiger partial charge in [0.25, 0.3) is 11.6 Å². The Balaban J connectivity index is 2.22. The normalized spacial score (nSPS) is 21.9. The van der Waals surface area contributed by atoms with Gasteiger partial charge in [0.15, 0.2) is 0 Å². The largest absolute Gasteiger partial charge is 0.339 e. The molecule has 6 heteroatoms. The van der Waals surface area contributed by atoms with Gasteiger partial charge < -0.3 is 4.90 Å². The van der Waals surface area contributed by atoms with Crippen LogP contribution in [-0.4, -0.2) is 28.8 Å². The minimum Gasteiger partial charge on any atom is -0.339 e. The zero-order valence-corrected chi connectivity index (χ0v) is 13.8. The molecular weight excluding hydrogens is 336 g/mol. The standard InChI is InChI=1S/C15H19BrN2O3/c1-10-4-3-5-11(8-10)17(2)15(19)13-9-12(18(20)21)6-7-14(13)16/h6-7,9-11H,3-5,8H2,1-2H3. The first kappa shape index (κ1) is 15.9. The number of rotatable bonds is 3. The summed E-state index contributed by atoms with van der Waals surface area (Å²) in [5.41, 5.74) is 0.289. The first-order valence-corrected chi connectivity index (χ1v) is 7.90. The zero-order chi connectivity index (χ0) is 15.6. The third-order valence-electron chi connectivity index (χ3n) is 4.17. The summed E-state index contributed by atoms with van der Waals surface area (Å²) in [5, 5.41) is 10.9. The molecule has 1 aliphatic rings. The van der Waals surface area contributed by atoms with Crippen molar-refractivity contribution in [2.75, 3.05) is 7.05 Å². The van der Waals surface area contributed by atoms with Gasteiger partial charge in [-0.1, -0.05) is 19.8 Å². The number of benzene rings is 1. The van der Waals surface area contributed by atoms with E-state index in [0.29, 0.717) is 16.0 Å². The van der Waals surface area contributed by atoms with Crippen LogP contribution < -0.4 is 0 Å². The Bertz CT molecular complexity index is 562. The number of nitro groups is 1. The van der Waals surface area contributed by atoms with Gasteiger partial charge >= 0.3 is 0 Å². The van der Waals surface area contributed by atoms with Crippen LogP contribution in [0.2, 0.25) is 0 Å². The molecule has 21 heavy (non-hydrogen) atoms. The van der Waals surface area contributed by atoms with Gasteiger partial charge in [-0.3, -0.25) is 14.9 Å². The molecule has 1 saturated carbocycles. The maximum Gasteiger partial charge on any atom is 0.270 e. The summed E-state index contributed by atoms with van der Waals surface area (Å²) in [4.78, 5) is 24.7. The summed E-state index contributed by atoms with van der Waals surface area (Å²) in [6.45, 7) is 2.20. The average Bonchev–Trinajstić information content (AvgIpc) is 2.46. The SMILES string of the molecule is CC1CCCC(N(C)C(=O)c2cc([N+](=O)[O-])ccc2Br)C1. The monoisotopic (exact) mass is 354 g/mol. The molecule has 0 N–H and O–H groups in total. The van der Waals surface area contributed by atoms with Crippen molar-refractivity contribution in [2.45, 2.75) is 38.6 Å². The lowest BCUT2D eigenvalue weighted by molar-refractivity contribution is -0.384. The third-order valence-corrected chi connectivity index (χ3v) is 4.86. The van der Waals surface area contributed by atoms with Crippen LogP contribution in [0.4, 0.5) is 5.69 Å². The molecule has 0 bridgehead atoms. The van der Waals surface area contributed by atoms with E-state index in [2.05, 4.69) is 22.9 Å². The van der Waals surface area contributed by atoms with Gasteiger partial charge in [-0.25, -0.2) is 0 Å². The average molecular weight is 355 g/mol. The number of halogens is 1. The summed E-state index contributed by atoms with van der Waals surface area (Å²) in [5.74, 6) is 0.456. The fraction of sp³-hybridized carbons (Fsp3) is 0.533. The van der Waals surface area contributed by atoms with Crippen LogP contribution in [0, 0.1) is 16.0 Å². The van der Waals surface area contributed by atoms with Crippen LogP contribution in [-0.2, 0) is 0 Å². The van der Waals surface area contributed by atoms with Gasteiger partial charge in [0, 0.05) is 29.7 Å². The van der Waals surface area contributed by atoms with E-state index in [9.17, 15) is 14.9 Å². The summed E-state index contributed by atoms with van der Waals surface area (Å²) >= 11 is 3.31. The van der Waals surface area contributed by atoms with Gasteiger partial charge in [-0.2, -0.15) is 0 Å². The summed E-state index contributed by atoms with van der Waals surface area (Å²) in [7, 11) is 1.79. The number of carbonyl (C=O) groups is 1. The van der Waals surface area contributed by atoms with Gasteiger partial charge in [-0.15, -0.1) is 0 Å². The number of hydrogen-bond acceptors (Lipinski definition) is 3. The predicted octanol–water partition coefficient (Wildman–Crippen LogP) is 4.01. The molecule has 5 nitrogen and oxygen atoms in total. The number of nitro benzene ring substituents is 1. The fourth-order valence-electron chi connectivity index (χ4n) is 2.90. The van der Waals surface area contributed by atoms with Crippen molar-refractivity contribution in [1.29, 1.82) is 0 Å². The highest BCUT2D eigenvalue weighted by atomic mass is 79.9. The van der Waals surface area contributed by atoms with E-state index in [-0.39, 0.29) is 17.6 Å². The van der Waals surface area contributed by atoms with Crippen molar-refractivity contribution >= 4 is 27.5 Å². The Morgan fingerprint density at radius 1 is 1.43 bits per heavy atom. The van der Waals surface area contributed by atoms with Crippen LogP contribution in [0.25, 0.3) is 0 Å². The Hall–Kier alpha value is -1.43. The summed E-state index contributed by atoms with van der Waals surface area (Å²) in [6.07, 6.45) is 4.33. The maximum absolute atomic E-state index is 12.6. The van der Waals surface area contributed by atoms with Gasteiger partial charge in [0.1, 0.15) is 0 Å². The molecule has 1 aliphatic carbocycles. The molecule has 0 aromatic heterocycles. The minimum absolute atomic E-state index is 0.0630. The smallest absolute Gasteiger partial charge is 0.270 e. The van der Waals surface area contributed by atoms with Crippen molar-refractivity contribution in [3.8, 4) is 0 Å². The highest BCUT2D eigenvalue weighted by molar-refractivity contribution is 9.10. The lowest BCUT2D eigenvalue weighted by Gasteiger charge is -2.34. The molecule has 2 rings (SSSR count). The van der Waals surface area contributed by atoms with E-state index in [1.165, 1.54) is 18.6 Å². The minimum atomic E-state index is -0.480. The third kappa shape index (κ3) is 3.61. The number of nitrogens with zero attached hydrogens (tertiary/aromatic N) is 2. The van der Waals surface area contributed by atoms with Crippen LogP contribution in [0.1, 0.15) is 43.0 Å². The van der Waals surface area contributed by atoms with Gasteiger partial charge in [0.05, 0.1) is 10.5 Å². The lowest BCUT2D eigenvalue weighted by atomic mass is 9.86. The first-order valence-electron chi connectivity index (χ1n) is 7.11. The molecule has 1 aromatic rings. The van der Waals surface area contributed by atoms with Crippen LogP contribution >= 0.6 is 15.9 Å². The molecule has 2 atom stereocenters. The first-order chi connectivity index (χ1) is 9.90. The molecule has 1 amide bonds. The predicted molar refractivity (Wildman–Crippen MR) is 84.3 cm³/mol. The van der Waals surface area contributed by atoms with Crippen LogP contribution in [0.3, 0.4) is 0 Å². The molecule has 0 saturated heterocycles. The van der Waals surface area contributed by atoms with E-state index in [1.54, 1.807) is 18.0 Å². The van der Waals surface area contributed by atoms with Crippen molar-refractivity contribution < 1.29 is 9.72 Å². The highest BCUT2D eigenvalue weighted by Gasteiger charge is 2.27. The second-order valence-electron chi connectivity index (χ2n) is 5.76. The van der Waals surface area contributed by atoms with E-state index >= 15 is 0 Å². The second-order valence-corrected chi connectivity index (χ2v) is 6.62. The van der Waals surface area contributed by atoms with Crippen molar-refractivity contribution in [2.24, 2.45) is 5.92 Å². The summed E-state index contributed by atoms with van der Waals surface area (Å²) < 4.78 is 0.591. The number of amides is 1. The van der Waals surface area contributed by atoms with Crippen molar-refractivity contribution in [1.82, 2.24) is 4.90 Å². The zero-order valence-electron chi connectivity index (χ0n) is 12.2. The maximum atomic E-state index is 12.6. The highest BCUT2D eigenvalue weighted by Crippen LogP contribution is 2.29. The van der Waals surface area contributed by atoms with E-state index < -0.39 is 4.92 Å². The van der Waals surface area contributed by atoms with E-state index in [0.717, 1.165) is 19.3 Å². The lowest BCUT2D eigenvalue weighted by Crippen LogP contribution is -2.40. The molecule has 0 radical (unpaired) electrons.